The quantitative estimate of drug-likeness (QED) is 0.468. The van der Waals surface area contributed by atoms with Crippen molar-refractivity contribution in [3.8, 4) is 0 Å². The third-order valence-electron chi connectivity index (χ3n) is 1.58. The van der Waals surface area contributed by atoms with E-state index in [4.69, 9.17) is 0 Å². The van der Waals surface area contributed by atoms with Gasteiger partial charge in [-0.05, 0) is 12.3 Å². The Hall–Kier alpha value is -0.175. The van der Waals surface area contributed by atoms with E-state index in [1.165, 1.54) is 11.2 Å². The number of thioether (sulfide) groups is 1. The second-order valence-corrected chi connectivity index (χ2v) is 4.82. The maximum Gasteiger partial charge on any atom is 0.134 e. The number of rotatable bonds is 6. The second-order valence-electron chi connectivity index (χ2n) is 3.84. The van der Waals surface area contributed by atoms with Crippen LogP contribution >= 0.6 is 11.8 Å². The van der Waals surface area contributed by atoms with Crippen LogP contribution in [0.25, 0.3) is 0 Å². The van der Waals surface area contributed by atoms with Gasteiger partial charge in [-0.15, -0.1) is 12.1 Å². The summed E-state index contributed by atoms with van der Waals surface area (Å²) in [6, 6.07) is 0. The van der Waals surface area contributed by atoms with Gasteiger partial charge in [0.05, 0.1) is 0 Å². The van der Waals surface area contributed by atoms with Crippen molar-refractivity contribution >= 4 is 25.3 Å². The molecule has 0 saturated heterocycles. The molecule has 0 saturated carbocycles. The molecule has 0 radical (unpaired) electrons. The highest BCUT2D eigenvalue weighted by Crippen LogP contribution is 2.09. The summed E-state index contributed by atoms with van der Waals surface area (Å²) >= 11 is 1.91. The first-order chi connectivity index (χ1) is 6.06. The summed E-state index contributed by atoms with van der Waals surface area (Å²) in [5.74, 6) is 2.82. The lowest BCUT2D eigenvalue weighted by atomic mass is 10.0. The van der Waals surface area contributed by atoms with E-state index in [2.05, 4.69) is 33.3 Å². The molecule has 1 nitrogen and oxygen atoms in total. The predicted molar refractivity (Wildman–Crippen MR) is 67.8 cm³/mol. The van der Waals surface area contributed by atoms with Crippen LogP contribution in [0, 0.1) is 5.92 Å². The lowest BCUT2D eigenvalue weighted by molar-refractivity contribution is 0.682. The molecule has 0 rings (SSSR count). The van der Waals surface area contributed by atoms with Crippen molar-refractivity contribution in [1.29, 1.82) is 0 Å². The summed E-state index contributed by atoms with van der Waals surface area (Å²) < 4.78 is 0. The summed E-state index contributed by atoms with van der Waals surface area (Å²) in [6.45, 7) is 8.34. The van der Waals surface area contributed by atoms with Gasteiger partial charge in [0.25, 0.3) is 0 Å². The highest BCUT2D eigenvalue weighted by molar-refractivity contribution is 8.00. The van der Waals surface area contributed by atoms with Crippen LogP contribution in [-0.2, 0) is 0 Å². The van der Waals surface area contributed by atoms with E-state index in [-0.39, 0.29) is 0 Å². The maximum absolute atomic E-state index is 4.29. The van der Waals surface area contributed by atoms with Gasteiger partial charge < -0.3 is 0 Å². The van der Waals surface area contributed by atoms with Crippen molar-refractivity contribution in [3.63, 3.8) is 0 Å². The van der Waals surface area contributed by atoms with E-state index in [0.29, 0.717) is 5.92 Å². The smallest absolute Gasteiger partial charge is 0.134 e. The lowest BCUT2D eigenvalue weighted by Crippen LogP contribution is -2.07. The molecule has 0 aromatic heterocycles. The van der Waals surface area contributed by atoms with Crippen molar-refractivity contribution in [2.45, 2.75) is 20.3 Å². The molecule has 0 fully saturated rings. The minimum absolute atomic E-state index is 0.712. The Morgan fingerprint density at radius 3 is 2.46 bits per heavy atom. The Kier molecular flexibility index (Phi) is 7.15. The first-order valence-electron chi connectivity index (χ1n) is 4.73. The Morgan fingerprint density at radius 2 is 2.08 bits per heavy atom. The lowest BCUT2D eigenvalue weighted by Gasteiger charge is -2.07. The standard InChI is InChI=1S/C10H20BNS/c1-8(2)5-10(12-4)7-13-6-9(3)11/h8H,3,5-7,11H2,1-2,4H3/b12-10-. The summed E-state index contributed by atoms with van der Waals surface area (Å²) in [5.41, 5.74) is 2.56. The van der Waals surface area contributed by atoms with Gasteiger partial charge in [0.1, 0.15) is 7.85 Å². The van der Waals surface area contributed by atoms with Gasteiger partial charge in [0.2, 0.25) is 0 Å². The topological polar surface area (TPSA) is 12.4 Å². The van der Waals surface area contributed by atoms with Crippen LogP contribution in [0.1, 0.15) is 20.3 Å². The molecule has 0 bridgehead atoms. The summed E-state index contributed by atoms with van der Waals surface area (Å²) in [7, 11) is 3.96. The van der Waals surface area contributed by atoms with Gasteiger partial charge in [-0.25, -0.2) is 0 Å². The summed E-state index contributed by atoms with van der Waals surface area (Å²) in [5, 5.41) is 0. The molecule has 13 heavy (non-hydrogen) atoms. The first kappa shape index (κ1) is 12.8. The third kappa shape index (κ3) is 8.16. The Bertz CT molecular complexity index is 187. The molecular weight excluding hydrogens is 177 g/mol. The molecule has 0 aliphatic carbocycles. The predicted octanol–water partition coefficient (Wildman–Crippen LogP) is 1.98. The average Bonchev–Trinajstić information content (AvgIpc) is 2.01. The highest BCUT2D eigenvalue weighted by atomic mass is 32.2. The maximum atomic E-state index is 4.29. The van der Waals surface area contributed by atoms with E-state index in [1.54, 1.807) is 0 Å². The number of nitrogens with zero attached hydrogens (tertiary/aromatic N) is 1. The molecule has 0 aliphatic heterocycles. The van der Waals surface area contributed by atoms with Gasteiger partial charge in [-0.3, -0.25) is 4.99 Å². The molecule has 0 spiro atoms. The van der Waals surface area contributed by atoms with Gasteiger partial charge in [0, 0.05) is 24.3 Å². The van der Waals surface area contributed by atoms with E-state index >= 15 is 0 Å². The molecule has 0 aliphatic rings. The molecule has 0 atom stereocenters. The molecular formula is C10H20BNS. The Labute approximate surface area is 87.5 Å². The number of aliphatic imine (C=N–C) groups is 1. The highest BCUT2D eigenvalue weighted by Gasteiger charge is 2.02. The molecule has 74 valence electrons. The first-order valence-corrected chi connectivity index (χ1v) is 5.88. The van der Waals surface area contributed by atoms with E-state index in [9.17, 15) is 0 Å². The van der Waals surface area contributed by atoms with Crippen molar-refractivity contribution in [2.24, 2.45) is 10.9 Å². The van der Waals surface area contributed by atoms with E-state index in [0.717, 1.165) is 17.9 Å². The largest absolute Gasteiger partial charge is 0.297 e. The fourth-order valence-electron chi connectivity index (χ4n) is 1.03. The SMILES string of the molecule is BC(=C)CSC/C(CC(C)C)=N\C. The second kappa shape index (κ2) is 7.25. The van der Waals surface area contributed by atoms with Crippen LogP contribution in [0.3, 0.4) is 0 Å². The van der Waals surface area contributed by atoms with Crippen molar-refractivity contribution < 1.29 is 0 Å². The van der Waals surface area contributed by atoms with Crippen LogP contribution < -0.4 is 0 Å². The fourth-order valence-corrected chi connectivity index (χ4v) is 1.96. The van der Waals surface area contributed by atoms with Gasteiger partial charge >= 0.3 is 0 Å². The zero-order valence-electron chi connectivity index (χ0n) is 9.26. The summed E-state index contributed by atoms with van der Waals surface area (Å²) in [6.07, 6.45) is 1.12. The van der Waals surface area contributed by atoms with Crippen LogP contribution in [0.15, 0.2) is 17.0 Å². The Morgan fingerprint density at radius 1 is 1.46 bits per heavy atom. The molecule has 0 aromatic rings. The molecule has 3 heteroatoms. The van der Waals surface area contributed by atoms with Crippen molar-refractivity contribution in [1.82, 2.24) is 0 Å². The van der Waals surface area contributed by atoms with Crippen LogP contribution in [-0.4, -0.2) is 32.1 Å². The van der Waals surface area contributed by atoms with Gasteiger partial charge in [0.15, 0.2) is 0 Å². The monoisotopic (exact) mass is 197 g/mol. The molecule has 0 N–H and O–H groups in total. The fraction of sp³-hybridized carbons (Fsp3) is 0.700. The normalized spacial score (nSPS) is 12.2. The van der Waals surface area contributed by atoms with Gasteiger partial charge in [-0.2, -0.15) is 11.8 Å². The number of hydrogen-bond acceptors (Lipinski definition) is 2. The van der Waals surface area contributed by atoms with Crippen LogP contribution in [0.5, 0.6) is 0 Å². The Balaban J connectivity index is 3.68. The average molecular weight is 197 g/mol. The van der Waals surface area contributed by atoms with E-state index < -0.39 is 0 Å². The summed E-state index contributed by atoms with van der Waals surface area (Å²) in [4.78, 5) is 4.29. The van der Waals surface area contributed by atoms with Crippen LogP contribution in [0.2, 0.25) is 0 Å². The molecule has 0 heterocycles. The minimum Gasteiger partial charge on any atom is -0.297 e. The number of hydrogen-bond donors (Lipinski definition) is 0. The van der Waals surface area contributed by atoms with Crippen molar-refractivity contribution in [2.75, 3.05) is 18.6 Å². The van der Waals surface area contributed by atoms with Crippen molar-refractivity contribution in [3.05, 3.63) is 12.1 Å². The van der Waals surface area contributed by atoms with Crippen LogP contribution in [0.4, 0.5) is 0 Å². The molecule has 0 aromatic carbocycles. The zero-order valence-corrected chi connectivity index (χ0v) is 10.1. The van der Waals surface area contributed by atoms with E-state index in [1.807, 2.05) is 18.8 Å². The van der Waals surface area contributed by atoms with Gasteiger partial charge in [-0.1, -0.05) is 13.8 Å². The molecule has 0 amide bonds. The third-order valence-corrected chi connectivity index (χ3v) is 2.81. The minimum atomic E-state index is 0.712. The zero-order chi connectivity index (χ0) is 10.3. The molecule has 0 unspecified atom stereocenters.